The van der Waals surface area contributed by atoms with Crippen LogP contribution in [0, 0.1) is 0 Å². The van der Waals surface area contributed by atoms with E-state index in [1.165, 1.54) is 0 Å². The number of nitrogens with one attached hydrogen (secondary N) is 2. The van der Waals surface area contributed by atoms with Crippen LogP contribution in [0.25, 0.3) is 11.3 Å². The molecule has 2 heterocycles. The zero-order chi connectivity index (χ0) is 19.5. The number of rotatable bonds is 5. The fourth-order valence-corrected chi connectivity index (χ4v) is 3.14. The standard InChI is InChI=1S/C21H18ClN5O/c1-27-12-11-23-20(27)19(15-7-9-16(22)10-8-15)24-21(28)18-13-17(25-26-18)14-5-3-2-4-6-14/h2-13,19H,1H3,(H,24,28)(H,25,26). The van der Waals surface area contributed by atoms with E-state index in [-0.39, 0.29) is 5.91 Å². The lowest BCUT2D eigenvalue weighted by atomic mass is 10.1. The molecule has 2 aromatic carbocycles. The van der Waals surface area contributed by atoms with Crippen LogP contribution in [0.5, 0.6) is 0 Å². The maximum Gasteiger partial charge on any atom is 0.270 e. The molecule has 0 fully saturated rings. The first-order valence-corrected chi connectivity index (χ1v) is 9.14. The van der Waals surface area contributed by atoms with Gasteiger partial charge in [-0.2, -0.15) is 5.10 Å². The van der Waals surface area contributed by atoms with Gasteiger partial charge in [0.15, 0.2) is 0 Å². The van der Waals surface area contributed by atoms with Crippen molar-refractivity contribution in [1.82, 2.24) is 25.1 Å². The molecule has 4 aromatic rings. The molecule has 0 aliphatic carbocycles. The smallest absolute Gasteiger partial charge is 0.270 e. The summed E-state index contributed by atoms with van der Waals surface area (Å²) in [6.45, 7) is 0. The molecule has 2 N–H and O–H groups in total. The lowest BCUT2D eigenvalue weighted by Crippen LogP contribution is -2.31. The summed E-state index contributed by atoms with van der Waals surface area (Å²) in [6.07, 6.45) is 3.54. The zero-order valence-corrected chi connectivity index (χ0v) is 15.9. The summed E-state index contributed by atoms with van der Waals surface area (Å²) in [5, 5.41) is 10.7. The Bertz CT molecular complexity index is 1090. The van der Waals surface area contributed by atoms with E-state index < -0.39 is 6.04 Å². The summed E-state index contributed by atoms with van der Waals surface area (Å²) in [7, 11) is 1.89. The van der Waals surface area contributed by atoms with E-state index in [2.05, 4.69) is 20.5 Å². The Balaban J connectivity index is 1.62. The molecule has 0 bridgehead atoms. The third kappa shape index (κ3) is 3.68. The van der Waals surface area contributed by atoms with E-state index in [0.29, 0.717) is 16.4 Å². The van der Waals surface area contributed by atoms with Crippen LogP contribution in [0.2, 0.25) is 5.02 Å². The zero-order valence-electron chi connectivity index (χ0n) is 15.1. The number of hydrogen-bond acceptors (Lipinski definition) is 3. The van der Waals surface area contributed by atoms with E-state index in [0.717, 1.165) is 17.0 Å². The lowest BCUT2D eigenvalue weighted by Gasteiger charge is -2.19. The second-order valence-electron chi connectivity index (χ2n) is 6.39. The number of aromatic nitrogens is 4. The van der Waals surface area contributed by atoms with Gasteiger partial charge in [0.2, 0.25) is 0 Å². The molecule has 4 rings (SSSR count). The van der Waals surface area contributed by atoms with E-state index in [9.17, 15) is 4.79 Å². The first-order chi connectivity index (χ1) is 13.6. The van der Waals surface area contributed by atoms with Crippen molar-refractivity contribution in [2.45, 2.75) is 6.04 Å². The highest BCUT2D eigenvalue weighted by molar-refractivity contribution is 6.30. The first kappa shape index (κ1) is 18.0. The second-order valence-corrected chi connectivity index (χ2v) is 6.82. The highest BCUT2D eigenvalue weighted by Crippen LogP contribution is 2.23. The summed E-state index contributed by atoms with van der Waals surface area (Å²) < 4.78 is 1.88. The van der Waals surface area contributed by atoms with E-state index in [4.69, 9.17) is 11.6 Å². The number of H-pyrrole nitrogens is 1. The van der Waals surface area contributed by atoms with Gasteiger partial charge in [-0.3, -0.25) is 9.89 Å². The van der Waals surface area contributed by atoms with Crippen molar-refractivity contribution in [2.24, 2.45) is 7.05 Å². The molecular formula is C21H18ClN5O. The van der Waals surface area contributed by atoms with Gasteiger partial charge in [0.05, 0.1) is 5.69 Å². The molecule has 6 nitrogen and oxygen atoms in total. The molecule has 1 unspecified atom stereocenters. The monoisotopic (exact) mass is 391 g/mol. The van der Waals surface area contributed by atoms with Crippen LogP contribution in [-0.4, -0.2) is 25.7 Å². The number of aryl methyl sites for hydroxylation is 1. The topological polar surface area (TPSA) is 75.6 Å². The molecule has 1 amide bonds. The van der Waals surface area contributed by atoms with Crippen molar-refractivity contribution in [3.8, 4) is 11.3 Å². The SMILES string of the molecule is Cn1ccnc1C(NC(=O)c1cc(-c2ccccc2)n[nH]1)c1ccc(Cl)cc1. The molecule has 0 aliphatic rings. The van der Waals surface area contributed by atoms with E-state index in [1.54, 1.807) is 24.4 Å². The predicted octanol–water partition coefficient (Wildman–Crippen LogP) is 3.98. The molecule has 0 spiro atoms. The molecule has 0 radical (unpaired) electrons. The fourth-order valence-electron chi connectivity index (χ4n) is 3.01. The third-order valence-electron chi connectivity index (χ3n) is 4.49. The number of imidazole rings is 1. The molecule has 2 aromatic heterocycles. The number of amides is 1. The lowest BCUT2D eigenvalue weighted by molar-refractivity contribution is 0.0936. The van der Waals surface area contributed by atoms with Crippen LogP contribution < -0.4 is 5.32 Å². The van der Waals surface area contributed by atoms with Crippen LogP contribution in [0.15, 0.2) is 73.1 Å². The van der Waals surface area contributed by atoms with E-state index >= 15 is 0 Å². The van der Waals surface area contributed by atoms with Gasteiger partial charge < -0.3 is 9.88 Å². The Morgan fingerprint density at radius 1 is 1.14 bits per heavy atom. The normalized spacial score (nSPS) is 11.9. The molecule has 0 aliphatic heterocycles. The minimum Gasteiger partial charge on any atom is -0.337 e. The Morgan fingerprint density at radius 2 is 1.89 bits per heavy atom. The number of halogens is 1. The Morgan fingerprint density at radius 3 is 2.57 bits per heavy atom. The van der Waals surface area contributed by atoms with Crippen molar-refractivity contribution >= 4 is 17.5 Å². The number of aromatic amines is 1. The van der Waals surface area contributed by atoms with Crippen molar-refractivity contribution in [3.05, 3.63) is 95.2 Å². The van der Waals surface area contributed by atoms with Crippen molar-refractivity contribution < 1.29 is 4.79 Å². The number of nitrogens with zero attached hydrogens (tertiary/aromatic N) is 3. The summed E-state index contributed by atoms with van der Waals surface area (Å²) in [5.74, 6) is 0.455. The van der Waals surface area contributed by atoms with Crippen LogP contribution in [0.3, 0.4) is 0 Å². The highest BCUT2D eigenvalue weighted by atomic mass is 35.5. The number of carbonyl (C=O) groups excluding carboxylic acids is 1. The highest BCUT2D eigenvalue weighted by Gasteiger charge is 2.22. The number of benzene rings is 2. The largest absolute Gasteiger partial charge is 0.337 e. The third-order valence-corrected chi connectivity index (χ3v) is 4.74. The second kappa shape index (κ2) is 7.70. The van der Waals surface area contributed by atoms with Gasteiger partial charge in [0.25, 0.3) is 5.91 Å². The first-order valence-electron chi connectivity index (χ1n) is 8.76. The van der Waals surface area contributed by atoms with E-state index in [1.807, 2.05) is 60.3 Å². The van der Waals surface area contributed by atoms with Gasteiger partial charge >= 0.3 is 0 Å². The van der Waals surface area contributed by atoms with Gasteiger partial charge in [-0.1, -0.05) is 54.1 Å². The van der Waals surface area contributed by atoms with Crippen LogP contribution in [0.4, 0.5) is 0 Å². The van der Waals surface area contributed by atoms with Gasteiger partial charge in [-0.15, -0.1) is 0 Å². The maximum atomic E-state index is 12.9. The average Bonchev–Trinajstić information content (AvgIpc) is 3.37. The van der Waals surface area contributed by atoms with Crippen molar-refractivity contribution in [1.29, 1.82) is 0 Å². The predicted molar refractivity (Wildman–Crippen MR) is 108 cm³/mol. The summed E-state index contributed by atoms with van der Waals surface area (Å²) in [6, 6.07) is 18.4. The molecule has 0 saturated heterocycles. The van der Waals surface area contributed by atoms with Crippen LogP contribution in [-0.2, 0) is 7.05 Å². The Labute approximate surface area is 167 Å². The molecule has 7 heteroatoms. The van der Waals surface area contributed by atoms with Gasteiger partial charge in [-0.25, -0.2) is 4.98 Å². The molecule has 140 valence electrons. The number of carbonyl (C=O) groups is 1. The quantitative estimate of drug-likeness (QED) is 0.540. The van der Waals surface area contributed by atoms with Crippen LogP contribution in [0.1, 0.15) is 27.9 Å². The summed E-state index contributed by atoms with van der Waals surface area (Å²) in [5.41, 5.74) is 2.92. The Hall–Kier alpha value is -3.38. The maximum absolute atomic E-state index is 12.9. The average molecular weight is 392 g/mol. The minimum atomic E-state index is -0.423. The van der Waals surface area contributed by atoms with Crippen LogP contribution >= 0.6 is 11.6 Å². The fraction of sp³-hybridized carbons (Fsp3) is 0.0952. The summed E-state index contributed by atoms with van der Waals surface area (Å²) in [4.78, 5) is 17.3. The van der Waals surface area contributed by atoms with Gasteiger partial charge in [-0.05, 0) is 23.8 Å². The molecule has 0 saturated carbocycles. The van der Waals surface area contributed by atoms with Crippen molar-refractivity contribution in [3.63, 3.8) is 0 Å². The molecule has 1 atom stereocenters. The summed E-state index contributed by atoms with van der Waals surface area (Å²) >= 11 is 6.01. The minimum absolute atomic E-state index is 0.266. The number of hydrogen-bond donors (Lipinski definition) is 2. The van der Waals surface area contributed by atoms with Gasteiger partial charge in [0.1, 0.15) is 17.6 Å². The Kier molecular flexibility index (Phi) is 4.95. The van der Waals surface area contributed by atoms with Gasteiger partial charge in [0, 0.05) is 30.0 Å². The molecule has 28 heavy (non-hydrogen) atoms. The molecular weight excluding hydrogens is 374 g/mol. The van der Waals surface area contributed by atoms with Crippen molar-refractivity contribution in [2.75, 3.05) is 0 Å².